The first-order valence-corrected chi connectivity index (χ1v) is 12.0. The van der Waals surface area contributed by atoms with E-state index in [0.717, 1.165) is 31.1 Å². The first kappa shape index (κ1) is 27.9. The molecule has 0 aliphatic carbocycles. The molecule has 0 saturated carbocycles. The van der Waals surface area contributed by atoms with Gasteiger partial charge in [-0.25, -0.2) is 5.43 Å². The Morgan fingerprint density at radius 2 is 1.74 bits per heavy atom. The third kappa shape index (κ3) is 6.95. The standard InChI is InChI=1S/C27H26ClN5O5/c1-3-32(4-2)20-14-12-18(13-15-20)16-23(30-26(35)21-9-5-6-10-22(21)28)27(36)31-29-17-19-8-7-11-24(25(19)34)33(37)38/h5-17,34H,3-4H2,1-2H3,(H,30,35)(H,31,36)/b23-16?,29-17+. The number of phenolic OH excluding ortho intramolecular Hbond substituents is 1. The van der Waals surface area contributed by atoms with Crippen LogP contribution in [0.1, 0.15) is 35.3 Å². The van der Waals surface area contributed by atoms with Crippen LogP contribution in [-0.4, -0.2) is 41.1 Å². The molecule has 0 bridgehead atoms. The number of nitrogens with zero attached hydrogens (tertiary/aromatic N) is 3. The highest BCUT2D eigenvalue weighted by Crippen LogP contribution is 2.28. The zero-order valence-corrected chi connectivity index (χ0v) is 21.5. The summed E-state index contributed by atoms with van der Waals surface area (Å²) in [7, 11) is 0. The van der Waals surface area contributed by atoms with Crippen molar-refractivity contribution in [3.63, 3.8) is 0 Å². The molecule has 2 amide bonds. The lowest BCUT2D eigenvalue weighted by atomic mass is 10.1. The molecule has 0 aliphatic rings. The van der Waals surface area contributed by atoms with E-state index in [4.69, 9.17) is 11.6 Å². The lowest BCUT2D eigenvalue weighted by molar-refractivity contribution is -0.385. The summed E-state index contributed by atoms with van der Waals surface area (Å²) in [6.45, 7) is 5.78. The van der Waals surface area contributed by atoms with Crippen LogP contribution in [0.25, 0.3) is 6.08 Å². The van der Waals surface area contributed by atoms with Crippen molar-refractivity contribution in [2.24, 2.45) is 5.10 Å². The number of phenols is 1. The van der Waals surface area contributed by atoms with Gasteiger partial charge in [-0.15, -0.1) is 0 Å². The van der Waals surface area contributed by atoms with Gasteiger partial charge in [-0.05, 0) is 55.8 Å². The first-order valence-electron chi connectivity index (χ1n) is 11.7. The van der Waals surface area contributed by atoms with E-state index >= 15 is 0 Å². The summed E-state index contributed by atoms with van der Waals surface area (Å²) in [6.07, 6.45) is 2.54. The van der Waals surface area contributed by atoms with Crippen LogP contribution < -0.4 is 15.6 Å². The number of carbonyl (C=O) groups excluding carboxylic acids is 2. The molecule has 0 heterocycles. The zero-order chi connectivity index (χ0) is 27.7. The molecule has 0 fully saturated rings. The van der Waals surface area contributed by atoms with Gasteiger partial charge in [0.25, 0.3) is 11.8 Å². The molecule has 0 spiro atoms. The Kier molecular flexibility index (Phi) is 9.55. The van der Waals surface area contributed by atoms with Crippen LogP contribution in [0.15, 0.2) is 77.5 Å². The summed E-state index contributed by atoms with van der Waals surface area (Å²) < 4.78 is 0. The lowest BCUT2D eigenvalue weighted by Gasteiger charge is -2.21. The second-order valence-electron chi connectivity index (χ2n) is 7.93. The quantitative estimate of drug-likeness (QED) is 0.149. The second kappa shape index (κ2) is 13.0. The number of hydrazone groups is 1. The number of nitro benzene ring substituents is 1. The van der Waals surface area contributed by atoms with Gasteiger partial charge in [0.15, 0.2) is 0 Å². The van der Waals surface area contributed by atoms with Gasteiger partial charge in [0.05, 0.1) is 21.7 Å². The molecule has 3 aromatic carbocycles. The average molecular weight is 536 g/mol. The molecule has 0 atom stereocenters. The molecule has 11 heteroatoms. The summed E-state index contributed by atoms with van der Waals surface area (Å²) in [5.74, 6) is -1.96. The Hall–Kier alpha value is -4.70. The number of nitrogens with one attached hydrogen (secondary N) is 2. The maximum absolute atomic E-state index is 13.0. The third-order valence-corrected chi connectivity index (χ3v) is 5.89. The third-order valence-electron chi connectivity index (χ3n) is 5.56. The predicted molar refractivity (Wildman–Crippen MR) is 147 cm³/mol. The molecule has 0 aliphatic heterocycles. The lowest BCUT2D eigenvalue weighted by Crippen LogP contribution is -2.33. The normalized spacial score (nSPS) is 11.3. The fraction of sp³-hybridized carbons (Fsp3) is 0.148. The largest absolute Gasteiger partial charge is 0.502 e. The van der Waals surface area contributed by atoms with Gasteiger partial charge in [0.2, 0.25) is 5.75 Å². The Morgan fingerprint density at radius 3 is 2.37 bits per heavy atom. The van der Waals surface area contributed by atoms with Crippen molar-refractivity contribution >= 4 is 47.1 Å². The van der Waals surface area contributed by atoms with Crippen molar-refractivity contribution in [3.8, 4) is 5.75 Å². The van der Waals surface area contributed by atoms with Crippen molar-refractivity contribution < 1.29 is 19.6 Å². The molecule has 10 nitrogen and oxygen atoms in total. The minimum absolute atomic E-state index is 0.0251. The molecule has 3 aromatic rings. The van der Waals surface area contributed by atoms with E-state index in [2.05, 4.69) is 34.6 Å². The highest BCUT2D eigenvalue weighted by Gasteiger charge is 2.18. The summed E-state index contributed by atoms with van der Waals surface area (Å²) in [6, 6.07) is 17.8. The number of anilines is 1. The molecule has 0 radical (unpaired) electrons. The van der Waals surface area contributed by atoms with Gasteiger partial charge >= 0.3 is 5.69 Å². The van der Waals surface area contributed by atoms with Gasteiger partial charge in [-0.2, -0.15) is 5.10 Å². The fourth-order valence-electron chi connectivity index (χ4n) is 3.55. The molecule has 38 heavy (non-hydrogen) atoms. The second-order valence-corrected chi connectivity index (χ2v) is 8.33. The van der Waals surface area contributed by atoms with Crippen LogP contribution in [-0.2, 0) is 4.79 Å². The molecular weight excluding hydrogens is 510 g/mol. The molecule has 0 saturated heterocycles. The maximum atomic E-state index is 13.0. The van der Waals surface area contributed by atoms with Crippen molar-refractivity contribution in [2.75, 3.05) is 18.0 Å². The zero-order valence-electron chi connectivity index (χ0n) is 20.7. The molecule has 3 rings (SSSR count). The van der Waals surface area contributed by atoms with Gasteiger partial charge in [0.1, 0.15) is 5.70 Å². The minimum atomic E-state index is -0.764. The number of para-hydroxylation sites is 1. The van der Waals surface area contributed by atoms with Crippen LogP contribution in [0.3, 0.4) is 0 Å². The van der Waals surface area contributed by atoms with E-state index < -0.39 is 28.2 Å². The number of rotatable bonds is 10. The smallest absolute Gasteiger partial charge is 0.311 e. The van der Waals surface area contributed by atoms with Crippen LogP contribution in [0, 0.1) is 10.1 Å². The number of amides is 2. The number of nitro groups is 1. The van der Waals surface area contributed by atoms with Gasteiger partial charge in [-0.1, -0.05) is 41.9 Å². The van der Waals surface area contributed by atoms with E-state index in [1.54, 1.807) is 18.2 Å². The molecule has 3 N–H and O–H groups in total. The highest BCUT2D eigenvalue weighted by atomic mass is 35.5. The first-order chi connectivity index (χ1) is 18.2. The van der Waals surface area contributed by atoms with Crippen molar-refractivity contribution in [3.05, 3.63) is 104 Å². The van der Waals surface area contributed by atoms with E-state index in [1.165, 1.54) is 24.3 Å². The number of aromatic hydroxyl groups is 1. The number of carbonyl (C=O) groups is 2. The van der Waals surface area contributed by atoms with E-state index in [0.29, 0.717) is 5.56 Å². The number of benzene rings is 3. The minimum Gasteiger partial charge on any atom is -0.502 e. The van der Waals surface area contributed by atoms with Crippen LogP contribution in [0.5, 0.6) is 5.75 Å². The van der Waals surface area contributed by atoms with Crippen molar-refractivity contribution in [2.45, 2.75) is 13.8 Å². The molecule has 0 unspecified atom stereocenters. The summed E-state index contributed by atoms with van der Waals surface area (Å²) in [5.41, 5.74) is 3.51. The molecule has 196 valence electrons. The van der Waals surface area contributed by atoms with Crippen LogP contribution in [0.2, 0.25) is 5.02 Å². The average Bonchev–Trinajstić information content (AvgIpc) is 2.90. The summed E-state index contributed by atoms with van der Waals surface area (Å²) in [4.78, 5) is 38.3. The summed E-state index contributed by atoms with van der Waals surface area (Å²) >= 11 is 6.14. The Bertz CT molecular complexity index is 1380. The number of hydrogen-bond donors (Lipinski definition) is 3. The molecule has 0 aromatic heterocycles. The van der Waals surface area contributed by atoms with E-state index in [9.17, 15) is 24.8 Å². The van der Waals surface area contributed by atoms with Crippen molar-refractivity contribution in [1.82, 2.24) is 10.7 Å². The predicted octanol–water partition coefficient (Wildman–Crippen LogP) is 4.72. The van der Waals surface area contributed by atoms with E-state index in [1.807, 2.05) is 24.3 Å². The van der Waals surface area contributed by atoms with E-state index in [-0.39, 0.29) is 21.8 Å². The Labute approximate surface area is 224 Å². The van der Waals surface area contributed by atoms with Crippen LogP contribution >= 0.6 is 11.6 Å². The van der Waals surface area contributed by atoms with Gasteiger partial charge in [0, 0.05) is 30.4 Å². The summed E-state index contributed by atoms with van der Waals surface area (Å²) in [5, 5.41) is 27.7. The number of halogens is 1. The maximum Gasteiger partial charge on any atom is 0.311 e. The monoisotopic (exact) mass is 535 g/mol. The van der Waals surface area contributed by atoms with Gasteiger partial charge in [-0.3, -0.25) is 19.7 Å². The van der Waals surface area contributed by atoms with Crippen molar-refractivity contribution in [1.29, 1.82) is 0 Å². The van der Waals surface area contributed by atoms with Gasteiger partial charge < -0.3 is 15.3 Å². The fourth-order valence-corrected chi connectivity index (χ4v) is 3.77. The SMILES string of the molecule is CCN(CC)c1ccc(C=C(NC(=O)c2ccccc2Cl)C(=O)N/N=C/c2cccc([N+](=O)[O-])c2O)cc1. The number of hydrogen-bond acceptors (Lipinski definition) is 7. The topological polar surface area (TPSA) is 137 Å². The Morgan fingerprint density at radius 1 is 1.05 bits per heavy atom. The highest BCUT2D eigenvalue weighted by molar-refractivity contribution is 6.34. The van der Waals surface area contributed by atoms with Crippen LogP contribution in [0.4, 0.5) is 11.4 Å². The molecular formula is C27H26ClN5O5. The Balaban J connectivity index is 1.88.